The minimum absolute atomic E-state index is 0.0383. The molecule has 0 atom stereocenters. The minimum Gasteiger partial charge on any atom is -0.493 e. The quantitative estimate of drug-likeness (QED) is 0.411. The lowest BCUT2D eigenvalue weighted by molar-refractivity contribution is -0.111. The molecule has 2 aromatic rings. The van der Waals surface area contributed by atoms with Gasteiger partial charge in [0.05, 0.1) is 25.0 Å². The zero-order valence-electron chi connectivity index (χ0n) is 16.8. The summed E-state index contributed by atoms with van der Waals surface area (Å²) in [6, 6.07) is 11.7. The maximum absolute atomic E-state index is 12.2. The number of carboxylic acid groups (broad SMARTS) is 1. The Balaban J connectivity index is 1.99. The molecule has 1 amide bonds. The van der Waals surface area contributed by atoms with Gasteiger partial charge in [0.1, 0.15) is 0 Å². The third kappa shape index (κ3) is 6.99. The van der Waals surface area contributed by atoms with Gasteiger partial charge in [-0.15, -0.1) is 0 Å². The van der Waals surface area contributed by atoms with Crippen molar-refractivity contribution in [1.29, 1.82) is 0 Å². The summed E-state index contributed by atoms with van der Waals surface area (Å²) in [5.41, 5.74) is 1.05. The Labute approximate surface area is 171 Å². The van der Waals surface area contributed by atoms with E-state index in [0.29, 0.717) is 18.1 Å². The summed E-state index contributed by atoms with van der Waals surface area (Å²) >= 11 is 0. The first-order chi connectivity index (χ1) is 14.0. The van der Waals surface area contributed by atoms with Gasteiger partial charge in [-0.1, -0.05) is 44.4 Å². The van der Waals surface area contributed by atoms with Crippen molar-refractivity contribution in [2.24, 2.45) is 0 Å². The van der Waals surface area contributed by atoms with Crippen LogP contribution in [0.3, 0.4) is 0 Å². The molecule has 0 bridgehead atoms. The van der Waals surface area contributed by atoms with Crippen molar-refractivity contribution >= 4 is 23.6 Å². The molecule has 0 aliphatic rings. The second-order valence-corrected chi connectivity index (χ2v) is 6.49. The maximum atomic E-state index is 12.2. The smallest absolute Gasteiger partial charge is 0.337 e. The Bertz CT molecular complexity index is 860. The van der Waals surface area contributed by atoms with Crippen LogP contribution in [0.4, 0.5) is 5.69 Å². The third-order valence-corrected chi connectivity index (χ3v) is 4.29. The van der Waals surface area contributed by atoms with Crippen molar-refractivity contribution < 1.29 is 24.2 Å². The van der Waals surface area contributed by atoms with Crippen LogP contribution >= 0.6 is 0 Å². The summed E-state index contributed by atoms with van der Waals surface area (Å²) < 4.78 is 11.2. The highest BCUT2D eigenvalue weighted by Gasteiger charge is 2.10. The highest BCUT2D eigenvalue weighted by Crippen LogP contribution is 2.29. The van der Waals surface area contributed by atoms with E-state index in [1.165, 1.54) is 25.0 Å². The average molecular weight is 397 g/mol. The number of amides is 1. The lowest BCUT2D eigenvalue weighted by Crippen LogP contribution is -2.11. The normalized spacial score (nSPS) is 10.7. The molecule has 2 N–H and O–H groups in total. The summed E-state index contributed by atoms with van der Waals surface area (Å²) in [5, 5.41) is 11.8. The van der Waals surface area contributed by atoms with Crippen LogP contribution in [0.5, 0.6) is 11.5 Å². The van der Waals surface area contributed by atoms with Gasteiger partial charge in [0, 0.05) is 6.08 Å². The van der Waals surface area contributed by atoms with Gasteiger partial charge >= 0.3 is 5.97 Å². The van der Waals surface area contributed by atoms with Gasteiger partial charge in [-0.05, 0) is 42.3 Å². The summed E-state index contributed by atoms with van der Waals surface area (Å²) in [5.74, 6) is -0.255. The molecule has 154 valence electrons. The monoisotopic (exact) mass is 397 g/mol. The maximum Gasteiger partial charge on any atom is 0.337 e. The molecule has 2 aromatic carbocycles. The van der Waals surface area contributed by atoms with E-state index in [9.17, 15) is 14.7 Å². The third-order valence-electron chi connectivity index (χ3n) is 4.29. The Hall–Kier alpha value is -3.28. The van der Waals surface area contributed by atoms with Crippen molar-refractivity contribution in [3.05, 3.63) is 59.7 Å². The van der Waals surface area contributed by atoms with E-state index < -0.39 is 11.9 Å². The number of carbonyl (C=O) groups excluding carboxylic acids is 1. The number of nitrogens with one attached hydrogen (secondary N) is 1. The van der Waals surface area contributed by atoms with Crippen molar-refractivity contribution in [3.8, 4) is 11.5 Å². The lowest BCUT2D eigenvalue weighted by Gasteiger charge is -2.11. The fourth-order valence-electron chi connectivity index (χ4n) is 2.74. The number of ether oxygens (including phenoxy) is 2. The van der Waals surface area contributed by atoms with Crippen molar-refractivity contribution in [2.75, 3.05) is 19.0 Å². The van der Waals surface area contributed by atoms with E-state index in [0.717, 1.165) is 18.4 Å². The summed E-state index contributed by atoms with van der Waals surface area (Å²) in [7, 11) is 1.57. The molecule has 0 heterocycles. The largest absolute Gasteiger partial charge is 0.493 e. The fraction of sp³-hybridized carbons (Fsp3) is 0.304. The molecule has 0 aromatic heterocycles. The van der Waals surface area contributed by atoms with E-state index in [2.05, 4.69) is 12.2 Å². The number of anilines is 1. The van der Waals surface area contributed by atoms with Crippen molar-refractivity contribution in [2.45, 2.75) is 32.6 Å². The lowest BCUT2D eigenvalue weighted by atomic mass is 10.1. The van der Waals surface area contributed by atoms with Crippen LogP contribution in [0.1, 0.15) is 48.5 Å². The Morgan fingerprint density at radius 1 is 1.07 bits per heavy atom. The van der Waals surface area contributed by atoms with Crippen molar-refractivity contribution in [3.63, 3.8) is 0 Å². The number of hydrogen-bond donors (Lipinski definition) is 2. The van der Waals surface area contributed by atoms with E-state index in [1.54, 1.807) is 37.5 Å². The minimum atomic E-state index is -1.10. The first-order valence-corrected chi connectivity index (χ1v) is 9.67. The number of para-hydroxylation sites is 1. The topological polar surface area (TPSA) is 84.9 Å². The van der Waals surface area contributed by atoms with Crippen LogP contribution in [-0.2, 0) is 4.79 Å². The summed E-state index contributed by atoms with van der Waals surface area (Å²) in [6.07, 6.45) is 7.49. The number of hydrogen-bond acceptors (Lipinski definition) is 4. The molecule has 0 radical (unpaired) electrons. The van der Waals surface area contributed by atoms with Crippen LogP contribution in [0.2, 0.25) is 0 Å². The average Bonchev–Trinajstić information content (AvgIpc) is 2.72. The van der Waals surface area contributed by atoms with Gasteiger partial charge in [0.25, 0.3) is 0 Å². The number of carbonyl (C=O) groups is 2. The Kier molecular flexibility index (Phi) is 8.76. The molecule has 6 nitrogen and oxygen atoms in total. The van der Waals surface area contributed by atoms with Gasteiger partial charge in [-0.2, -0.15) is 0 Å². The van der Waals surface area contributed by atoms with Crippen molar-refractivity contribution in [1.82, 2.24) is 0 Å². The highest BCUT2D eigenvalue weighted by atomic mass is 16.5. The number of methoxy groups -OCH3 is 1. The second kappa shape index (κ2) is 11.5. The van der Waals surface area contributed by atoms with E-state index in [1.807, 2.05) is 12.1 Å². The van der Waals surface area contributed by atoms with E-state index >= 15 is 0 Å². The predicted octanol–water partition coefficient (Wildman–Crippen LogP) is 5.00. The molecule has 0 spiro atoms. The number of carboxylic acids is 1. The molecular weight excluding hydrogens is 370 g/mol. The molecule has 0 fully saturated rings. The summed E-state index contributed by atoms with van der Waals surface area (Å²) in [6.45, 7) is 2.80. The van der Waals surface area contributed by atoms with Gasteiger partial charge in [0.2, 0.25) is 5.91 Å². The zero-order valence-corrected chi connectivity index (χ0v) is 16.8. The van der Waals surface area contributed by atoms with Crippen LogP contribution in [0.25, 0.3) is 6.08 Å². The number of rotatable bonds is 11. The molecular formula is C23H27NO5. The van der Waals surface area contributed by atoms with E-state index in [4.69, 9.17) is 9.47 Å². The van der Waals surface area contributed by atoms with Crippen LogP contribution in [0.15, 0.2) is 48.5 Å². The van der Waals surface area contributed by atoms with Gasteiger partial charge in [-0.25, -0.2) is 4.79 Å². The SMILES string of the molecule is CCCCCCOc1ccc(/C=C/C(=O)Nc2ccccc2C(=O)O)cc1OC. The molecule has 0 saturated carbocycles. The fourth-order valence-corrected chi connectivity index (χ4v) is 2.74. The molecule has 0 unspecified atom stereocenters. The Morgan fingerprint density at radius 3 is 2.59 bits per heavy atom. The molecule has 0 saturated heterocycles. The highest BCUT2D eigenvalue weighted by molar-refractivity contribution is 6.06. The summed E-state index contributed by atoms with van der Waals surface area (Å²) in [4.78, 5) is 23.4. The Morgan fingerprint density at radius 2 is 1.86 bits per heavy atom. The molecule has 6 heteroatoms. The van der Waals surface area contributed by atoms with Gasteiger partial charge in [0.15, 0.2) is 11.5 Å². The van der Waals surface area contributed by atoms with E-state index in [-0.39, 0.29) is 11.3 Å². The molecule has 29 heavy (non-hydrogen) atoms. The first-order valence-electron chi connectivity index (χ1n) is 9.67. The number of benzene rings is 2. The zero-order chi connectivity index (χ0) is 21.1. The van der Waals surface area contributed by atoms with Crippen LogP contribution in [0, 0.1) is 0 Å². The molecule has 2 rings (SSSR count). The van der Waals surface area contributed by atoms with Gasteiger partial charge < -0.3 is 19.9 Å². The van der Waals surface area contributed by atoms with Gasteiger partial charge in [-0.3, -0.25) is 4.79 Å². The molecule has 0 aliphatic carbocycles. The first kappa shape index (κ1) is 22.0. The van der Waals surface area contributed by atoms with Crippen LogP contribution in [-0.4, -0.2) is 30.7 Å². The standard InChI is InChI=1S/C23H27NO5/c1-3-4-5-8-15-29-20-13-11-17(16-21(20)28-2)12-14-22(25)24-19-10-7-6-9-18(19)23(26)27/h6-7,9-14,16H,3-5,8,15H2,1-2H3,(H,24,25)(H,26,27)/b14-12+. The number of unbranched alkanes of at least 4 members (excludes halogenated alkanes) is 3. The second-order valence-electron chi connectivity index (χ2n) is 6.49. The number of aromatic carboxylic acids is 1. The van der Waals surface area contributed by atoms with Crippen LogP contribution < -0.4 is 14.8 Å². The molecule has 0 aliphatic heterocycles. The predicted molar refractivity (Wildman–Crippen MR) is 114 cm³/mol.